The third kappa shape index (κ3) is 3.96. The van der Waals surface area contributed by atoms with E-state index < -0.39 is 0 Å². The Labute approximate surface area is 114 Å². The first-order valence-corrected chi connectivity index (χ1v) is 8.14. The summed E-state index contributed by atoms with van der Waals surface area (Å²) in [4.78, 5) is 2.58. The van der Waals surface area contributed by atoms with Crippen molar-refractivity contribution in [1.82, 2.24) is 10.2 Å². The van der Waals surface area contributed by atoms with Crippen LogP contribution in [0.25, 0.3) is 0 Å². The normalized spacial score (nSPS) is 35.8. The highest BCUT2D eigenvalue weighted by Crippen LogP contribution is 2.29. The van der Waals surface area contributed by atoms with E-state index in [1.165, 1.54) is 58.3 Å². The summed E-state index contributed by atoms with van der Waals surface area (Å²) in [5.74, 6) is 2.79. The summed E-state index contributed by atoms with van der Waals surface area (Å²) in [6, 6.07) is 0.806. The van der Waals surface area contributed by atoms with E-state index in [1.807, 2.05) is 0 Å². The Morgan fingerprint density at radius 2 is 1.72 bits per heavy atom. The monoisotopic (exact) mass is 252 g/mol. The number of hydrogen-bond donors (Lipinski definition) is 1. The lowest BCUT2D eigenvalue weighted by molar-refractivity contribution is 0.175. The van der Waals surface area contributed by atoms with Crippen LogP contribution in [0.1, 0.15) is 52.9 Å². The van der Waals surface area contributed by atoms with Crippen molar-refractivity contribution in [2.45, 2.75) is 58.9 Å². The van der Waals surface area contributed by atoms with E-state index in [0.717, 1.165) is 23.8 Å². The van der Waals surface area contributed by atoms with Crippen molar-refractivity contribution < 1.29 is 0 Å². The van der Waals surface area contributed by atoms with Crippen LogP contribution in [-0.2, 0) is 0 Å². The van der Waals surface area contributed by atoms with Crippen LogP contribution in [0.5, 0.6) is 0 Å². The van der Waals surface area contributed by atoms with E-state index in [0.29, 0.717) is 0 Å². The minimum absolute atomic E-state index is 0.806. The second-order valence-corrected chi connectivity index (χ2v) is 6.75. The maximum absolute atomic E-state index is 3.86. The molecule has 2 fully saturated rings. The predicted molar refractivity (Wildman–Crippen MR) is 78.8 cm³/mol. The van der Waals surface area contributed by atoms with Crippen molar-refractivity contribution in [1.29, 1.82) is 0 Å². The molecule has 106 valence electrons. The molecule has 1 saturated heterocycles. The summed E-state index contributed by atoms with van der Waals surface area (Å²) < 4.78 is 0. The Bertz CT molecular complexity index is 233. The molecule has 0 amide bonds. The van der Waals surface area contributed by atoms with Crippen molar-refractivity contribution in [2.24, 2.45) is 17.8 Å². The van der Waals surface area contributed by atoms with Gasteiger partial charge in [0.05, 0.1) is 0 Å². The fraction of sp³-hybridized carbons (Fsp3) is 1.00. The van der Waals surface area contributed by atoms with Gasteiger partial charge in [0.1, 0.15) is 0 Å². The molecule has 2 aliphatic rings. The van der Waals surface area contributed by atoms with Gasteiger partial charge in [-0.3, -0.25) is 0 Å². The second-order valence-electron chi connectivity index (χ2n) is 6.75. The molecule has 2 rings (SSSR count). The number of nitrogens with one attached hydrogen (secondary N) is 1. The standard InChI is InChI=1S/C16H32N2/c1-4-18-9-7-15(8-10-18)12-17-16-6-5-13(2)14(3)11-16/h13-17H,4-12H2,1-3H3. The number of rotatable bonds is 4. The summed E-state index contributed by atoms with van der Waals surface area (Å²) in [5.41, 5.74) is 0. The molecular weight excluding hydrogens is 220 g/mol. The van der Waals surface area contributed by atoms with Crippen LogP contribution >= 0.6 is 0 Å². The van der Waals surface area contributed by atoms with Gasteiger partial charge in [-0.2, -0.15) is 0 Å². The number of piperidine rings is 1. The molecule has 1 heterocycles. The van der Waals surface area contributed by atoms with Crippen molar-refractivity contribution in [3.05, 3.63) is 0 Å². The van der Waals surface area contributed by atoms with Gasteiger partial charge >= 0.3 is 0 Å². The lowest BCUT2D eigenvalue weighted by atomic mass is 9.79. The molecule has 3 atom stereocenters. The van der Waals surface area contributed by atoms with Crippen LogP contribution in [0, 0.1) is 17.8 Å². The first-order valence-electron chi connectivity index (χ1n) is 8.14. The zero-order valence-corrected chi connectivity index (χ0v) is 12.6. The fourth-order valence-electron chi connectivity index (χ4n) is 3.57. The number of nitrogens with zero attached hydrogens (tertiary/aromatic N) is 1. The van der Waals surface area contributed by atoms with Gasteiger partial charge in [0.15, 0.2) is 0 Å². The SMILES string of the molecule is CCN1CCC(CNC2CCC(C)C(C)C2)CC1. The number of hydrogen-bond acceptors (Lipinski definition) is 2. The van der Waals surface area contributed by atoms with Crippen molar-refractivity contribution >= 4 is 0 Å². The summed E-state index contributed by atoms with van der Waals surface area (Å²) in [7, 11) is 0. The Balaban J connectivity index is 1.63. The molecule has 0 radical (unpaired) electrons. The lowest BCUT2D eigenvalue weighted by Gasteiger charge is -2.35. The minimum Gasteiger partial charge on any atom is -0.314 e. The Kier molecular flexibility index (Phi) is 5.50. The largest absolute Gasteiger partial charge is 0.314 e. The van der Waals surface area contributed by atoms with E-state index in [-0.39, 0.29) is 0 Å². The van der Waals surface area contributed by atoms with E-state index >= 15 is 0 Å². The molecule has 3 unspecified atom stereocenters. The lowest BCUT2D eigenvalue weighted by Crippen LogP contribution is -2.42. The molecule has 0 aromatic rings. The molecule has 1 saturated carbocycles. The van der Waals surface area contributed by atoms with Gasteiger partial charge in [-0.05, 0) is 76.0 Å². The topological polar surface area (TPSA) is 15.3 Å². The highest BCUT2D eigenvalue weighted by atomic mass is 15.1. The molecule has 1 N–H and O–H groups in total. The third-order valence-corrected chi connectivity index (χ3v) is 5.45. The molecule has 0 spiro atoms. The molecule has 2 nitrogen and oxygen atoms in total. The van der Waals surface area contributed by atoms with Crippen LogP contribution < -0.4 is 5.32 Å². The molecule has 0 bridgehead atoms. The first-order chi connectivity index (χ1) is 8.69. The maximum atomic E-state index is 3.86. The number of likely N-dealkylation sites (tertiary alicyclic amines) is 1. The molecule has 18 heavy (non-hydrogen) atoms. The molecule has 1 aliphatic heterocycles. The van der Waals surface area contributed by atoms with E-state index in [9.17, 15) is 0 Å². The molecule has 2 heteroatoms. The first kappa shape index (κ1) is 14.3. The fourth-order valence-corrected chi connectivity index (χ4v) is 3.57. The average Bonchev–Trinajstić information content (AvgIpc) is 2.41. The second kappa shape index (κ2) is 6.91. The predicted octanol–water partition coefficient (Wildman–Crippen LogP) is 3.13. The summed E-state index contributed by atoms with van der Waals surface area (Å²) in [5, 5.41) is 3.86. The van der Waals surface area contributed by atoms with Gasteiger partial charge in [0.2, 0.25) is 0 Å². The Hall–Kier alpha value is -0.0800. The van der Waals surface area contributed by atoms with Gasteiger partial charge in [0, 0.05) is 6.04 Å². The smallest absolute Gasteiger partial charge is 0.00699 e. The van der Waals surface area contributed by atoms with Crippen LogP contribution in [0.15, 0.2) is 0 Å². The average molecular weight is 252 g/mol. The quantitative estimate of drug-likeness (QED) is 0.827. The van der Waals surface area contributed by atoms with Crippen molar-refractivity contribution in [3.63, 3.8) is 0 Å². The molecule has 1 aliphatic carbocycles. The van der Waals surface area contributed by atoms with Gasteiger partial charge in [-0.25, -0.2) is 0 Å². The molecular formula is C16H32N2. The zero-order valence-electron chi connectivity index (χ0n) is 12.6. The van der Waals surface area contributed by atoms with Gasteiger partial charge in [-0.15, -0.1) is 0 Å². The summed E-state index contributed by atoms with van der Waals surface area (Å²) >= 11 is 0. The van der Waals surface area contributed by atoms with Crippen LogP contribution in [-0.4, -0.2) is 37.1 Å². The highest BCUT2D eigenvalue weighted by molar-refractivity contribution is 4.81. The summed E-state index contributed by atoms with van der Waals surface area (Å²) in [6.45, 7) is 12.3. The van der Waals surface area contributed by atoms with E-state index in [2.05, 4.69) is 31.0 Å². The van der Waals surface area contributed by atoms with E-state index in [4.69, 9.17) is 0 Å². The van der Waals surface area contributed by atoms with E-state index in [1.54, 1.807) is 0 Å². The summed E-state index contributed by atoms with van der Waals surface area (Å²) in [6.07, 6.45) is 7.03. The van der Waals surface area contributed by atoms with Gasteiger partial charge in [0.25, 0.3) is 0 Å². The molecule has 0 aromatic heterocycles. The maximum Gasteiger partial charge on any atom is 0.00699 e. The van der Waals surface area contributed by atoms with Crippen molar-refractivity contribution in [3.8, 4) is 0 Å². The Morgan fingerprint density at radius 3 is 2.33 bits per heavy atom. The highest BCUT2D eigenvalue weighted by Gasteiger charge is 2.25. The van der Waals surface area contributed by atoms with Crippen molar-refractivity contribution in [2.75, 3.05) is 26.2 Å². The van der Waals surface area contributed by atoms with Gasteiger partial charge < -0.3 is 10.2 Å². The minimum atomic E-state index is 0.806. The zero-order chi connectivity index (χ0) is 13.0. The van der Waals surface area contributed by atoms with Crippen LogP contribution in [0.4, 0.5) is 0 Å². The van der Waals surface area contributed by atoms with Crippen LogP contribution in [0.3, 0.4) is 0 Å². The molecule has 0 aromatic carbocycles. The Morgan fingerprint density at radius 1 is 1.00 bits per heavy atom. The van der Waals surface area contributed by atoms with Crippen LogP contribution in [0.2, 0.25) is 0 Å². The van der Waals surface area contributed by atoms with Gasteiger partial charge in [-0.1, -0.05) is 20.8 Å². The third-order valence-electron chi connectivity index (χ3n) is 5.45.